The van der Waals surface area contributed by atoms with Gasteiger partial charge in [0.1, 0.15) is 0 Å². The van der Waals surface area contributed by atoms with Crippen molar-refractivity contribution in [2.45, 2.75) is 52.2 Å². The molecule has 0 saturated carbocycles. The Balaban J connectivity index is 2.00. The molecule has 17 heavy (non-hydrogen) atoms. The van der Waals surface area contributed by atoms with E-state index >= 15 is 0 Å². The molecule has 2 unspecified atom stereocenters. The van der Waals surface area contributed by atoms with Crippen molar-refractivity contribution in [2.75, 3.05) is 33.3 Å². The Morgan fingerprint density at radius 3 is 2.71 bits per heavy atom. The second-order valence-electron chi connectivity index (χ2n) is 5.80. The Labute approximate surface area is 107 Å². The van der Waals surface area contributed by atoms with Crippen LogP contribution in [-0.2, 0) is 4.74 Å². The van der Waals surface area contributed by atoms with Crippen molar-refractivity contribution in [1.29, 1.82) is 0 Å². The number of nitrogens with one attached hydrogen (secondary N) is 1. The van der Waals surface area contributed by atoms with Gasteiger partial charge in [-0.15, -0.1) is 0 Å². The fourth-order valence-corrected chi connectivity index (χ4v) is 2.41. The Bertz CT molecular complexity index is 191. The summed E-state index contributed by atoms with van der Waals surface area (Å²) in [4.78, 5) is 2.45. The fraction of sp³-hybridized carbons (Fsp3) is 1.00. The molecule has 1 rings (SSSR count). The van der Waals surface area contributed by atoms with Crippen LogP contribution in [0.3, 0.4) is 0 Å². The zero-order chi connectivity index (χ0) is 12.7. The molecular formula is C14H30N2O. The number of rotatable bonds is 8. The van der Waals surface area contributed by atoms with Crippen molar-refractivity contribution in [1.82, 2.24) is 10.2 Å². The Hall–Kier alpha value is -0.120. The van der Waals surface area contributed by atoms with E-state index in [0.717, 1.165) is 32.2 Å². The molecule has 102 valence electrons. The maximum absolute atomic E-state index is 5.58. The van der Waals surface area contributed by atoms with E-state index in [-0.39, 0.29) is 0 Å². The Morgan fingerprint density at radius 2 is 2.12 bits per heavy atom. The average Bonchev–Trinajstić information content (AvgIpc) is 2.75. The van der Waals surface area contributed by atoms with Crippen LogP contribution in [0.25, 0.3) is 0 Å². The molecule has 0 aromatic rings. The molecule has 0 radical (unpaired) electrons. The molecule has 0 aromatic carbocycles. The number of nitrogens with zero attached hydrogens (tertiary/aromatic N) is 1. The van der Waals surface area contributed by atoms with Crippen molar-refractivity contribution in [3.05, 3.63) is 0 Å². The van der Waals surface area contributed by atoms with Crippen LogP contribution < -0.4 is 5.32 Å². The van der Waals surface area contributed by atoms with Crippen molar-refractivity contribution >= 4 is 0 Å². The molecular weight excluding hydrogens is 212 g/mol. The summed E-state index contributed by atoms with van der Waals surface area (Å²) in [5.74, 6) is 0.785. The summed E-state index contributed by atoms with van der Waals surface area (Å²) in [5.41, 5.74) is 0. The molecule has 1 fully saturated rings. The van der Waals surface area contributed by atoms with E-state index in [0.29, 0.717) is 12.1 Å². The summed E-state index contributed by atoms with van der Waals surface area (Å²) in [6, 6.07) is 0.680. The maximum atomic E-state index is 5.58. The topological polar surface area (TPSA) is 24.5 Å². The largest absolute Gasteiger partial charge is 0.377 e. The van der Waals surface area contributed by atoms with Gasteiger partial charge in [-0.1, -0.05) is 13.8 Å². The minimum absolute atomic E-state index is 0.466. The third kappa shape index (κ3) is 6.39. The lowest BCUT2D eigenvalue weighted by atomic mass is 10.0. The van der Waals surface area contributed by atoms with Crippen LogP contribution in [0.2, 0.25) is 0 Å². The third-order valence-electron chi connectivity index (χ3n) is 3.60. The molecule has 1 N–H and O–H groups in total. The molecule has 1 heterocycles. The number of hydrogen-bond donors (Lipinski definition) is 1. The molecule has 0 aromatic heterocycles. The summed E-state index contributed by atoms with van der Waals surface area (Å²) in [6.07, 6.45) is 4.21. The van der Waals surface area contributed by atoms with Crippen LogP contribution >= 0.6 is 0 Å². The molecule has 1 saturated heterocycles. The van der Waals surface area contributed by atoms with Gasteiger partial charge in [-0.05, 0) is 39.2 Å². The van der Waals surface area contributed by atoms with E-state index in [1.54, 1.807) is 0 Å². The molecule has 1 aliphatic rings. The van der Waals surface area contributed by atoms with Crippen LogP contribution in [0.15, 0.2) is 0 Å². The highest BCUT2D eigenvalue weighted by Crippen LogP contribution is 2.11. The molecule has 0 amide bonds. The van der Waals surface area contributed by atoms with Gasteiger partial charge < -0.3 is 15.0 Å². The van der Waals surface area contributed by atoms with E-state index in [1.807, 2.05) is 0 Å². The monoisotopic (exact) mass is 242 g/mol. The van der Waals surface area contributed by atoms with Crippen LogP contribution in [0.1, 0.15) is 40.0 Å². The first kappa shape index (κ1) is 14.9. The zero-order valence-corrected chi connectivity index (χ0v) is 12.0. The minimum Gasteiger partial charge on any atom is -0.377 e. The fourth-order valence-electron chi connectivity index (χ4n) is 2.41. The Kier molecular flexibility index (Phi) is 7.09. The molecule has 0 aliphatic carbocycles. The quantitative estimate of drug-likeness (QED) is 0.660. The highest BCUT2D eigenvalue weighted by molar-refractivity contribution is 4.69. The van der Waals surface area contributed by atoms with Gasteiger partial charge >= 0.3 is 0 Å². The number of hydrogen-bond acceptors (Lipinski definition) is 3. The van der Waals surface area contributed by atoms with Crippen molar-refractivity contribution in [3.8, 4) is 0 Å². The number of ether oxygens (including phenoxy) is 1. The van der Waals surface area contributed by atoms with Crippen molar-refractivity contribution < 1.29 is 4.74 Å². The summed E-state index contributed by atoms with van der Waals surface area (Å²) >= 11 is 0. The van der Waals surface area contributed by atoms with Crippen LogP contribution in [0.4, 0.5) is 0 Å². The predicted molar refractivity (Wildman–Crippen MR) is 73.4 cm³/mol. The molecule has 1 aliphatic heterocycles. The third-order valence-corrected chi connectivity index (χ3v) is 3.60. The smallest absolute Gasteiger partial charge is 0.0700 e. The first-order valence-corrected chi connectivity index (χ1v) is 7.12. The normalized spacial score (nSPS) is 22.6. The van der Waals surface area contributed by atoms with E-state index in [4.69, 9.17) is 4.74 Å². The summed E-state index contributed by atoms with van der Waals surface area (Å²) < 4.78 is 5.58. The van der Waals surface area contributed by atoms with Gasteiger partial charge in [0, 0.05) is 32.3 Å². The minimum atomic E-state index is 0.466. The first-order chi connectivity index (χ1) is 8.09. The Morgan fingerprint density at radius 1 is 1.35 bits per heavy atom. The second kappa shape index (κ2) is 8.06. The standard InChI is InChI=1S/C14H30N2O/c1-12(2)10-13(3)16(4)8-7-15-11-14-6-5-9-17-14/h12-15H,5-11H2,1-4H3. The average molecular weight is 242 g/mol. The van der Waals surface area contributed by atoms with Crippen LogP contribution in [0.5, 0.6) is 0 Å². The highest BCUT2D eigenvalue weighted by Gasteiger charge is 2.15. The van der Waals surface area contributed by atoms with Gasteiger partial charge in [0.15, 0.2) is 0 Å². The van der Waals surface area contributed by atoms with Gasteiger partial charge in [0.25, 0.3) is 0 Å². The van der Waals surface area contributed by atoms with E-state index in [9.17, 15) is 0 Å². The molecule has 0 spiro atoms. The first-order valence-electron chi connectivity index (χ1n) is 7.12. The summed E-state index contributed by atoms with van der Waals surface area (Å²) in [6.45, 7) is 11.1. The van der Waals surface area contributed by atoms with E-state index in [1.165, 1.54) is 19.3 Å². The van der Waals surface area contributed by atoms with Gasteiger partial charge in [-0.25, -0.2) is 0 Å². The van der Waals surface area contributed by atoms with Crippen LogP contribution in [-0.4, -0.2) is 50.3 Å². The summed E-state index contributed by atoms with van der Waals surface area (Å²) in [5, 5.41) is 3.50. The predicted octanol–water partition coefficient (Wildman–Crippen LogP) is 2.12. The SMILES string of the molecule is CC(C)CC(C)N(C)CCNCC1CCCO1. The lowest BCUT2D eigenvalue weighted by Crippen LogP contribution is -2.38. The van der Waals surface area contributed by atoms with E-state index < -0.39 is 0 Å². The van der Waals surface area contributed by atoms with Gasteiger partial charge in [0.2, 0.25) is 0 Å². The summed E-state index contributed by atoms with van der Waals surface area (Å²) in [7, 11) is 2.22. The molecule has 3 nitrogen and oxygen atoms in total. The molecule has 2 atom stereocenters. The lowest BCUT2D eigenvalue weighted by molar-refractivity contribution is 0.109. The number of likely N-dealkylation sites (N-methyl/N-ethyl adjacent to an activating group) is 1. The van der Waals surface area contributed by atoms with Gasteiger partial charge in [-0.2, -0.15) is 0 Å². The maximum Gasteiger partial charge on any atom is 0.0700 e. The second-order valence-corrected chi connectivity index (χ2v) is 5.80. The van der Waals surface area contributed by atoms with Crippen molar-refractivity contribution in [3.63, 3.8) is 0 Å². The van der Waals surface area contributed by atoms with E-state index in [2.05, 4.69) is 38.0 Å². The zero-order valence-electron chi connectivity index (χ0n) is 12.0. The molecule has 3 heteroatoms. The van der Waals surface area contributed by atoms with Crippen molar-refractivity contribution in [2.24, 2.45) is 5.92 Å². The van der Waals surface area contributed by atoms with Crippen LogP contribution in [0, 0.1) is 5.92 Å². The highest BCUT2D eigenvalue weighted by atomic mass is 16.5. The molecule has 0 bridgehead atoms. The van der Waals surface area contributed by atoms with Gasteiger partial charge in [-0.3, -0.25) is 0 Å². The van der Waals surface area contributed by atoms with Gasteiger partial charge in [0.05, 0.1) is 6.10 Å². The lowest BCUT2D eigenvalue weighted by Gasteiger charge is -2.26.